The predicted octanol–water partition coefficient (Wildman–Crippen LogP) is 6.05. The quantitative estimate of drug-likeness (QED) is 0.301. The van der Waals surface area contributed by atoms with E-state index < -0.39 is 0 Å². The van der Waals surface area contributed by atoms with E-state index in [0.29, 0.717) is 18.2 Å². The number of piperidine rings is 1. The van der Waals surface area contributed by atoms with Crippen molar-refractivity contribution in [1.82, 2.24) is 25.0 Å². The number of urea groups is 1. The van der Waals surface area contributed by atoms with E-state index >= 15 is 0 Å². The van der Waals surface area contributed by atoms with Gasteiger partial charge in [0.2, 0.25) is 0 Å². The van der Waals surface area contributed by atoms with Gasteiger partial charge < -0.3 is 5.32 Å². The van der Waals surface area contributed by atoms with Crippen molar-refractivity contribution in [2.24, 2.45) is 7.05 Å². The minimum Gasteiger partial charge on any atom is -0.334 e. The van der Waals surface area contributed by atoms with Crippen LogP contribution in [0.2, 0.25) is 10.2 Å². The number of nitrogens with zero attached hydrogens (tertiary/aromatic N) is 5. The van der Waals surface area contributed by atoms with Crippen LogP contribution in [0.15, 0.2) is 67.0 Å². The number of hydrogen-bond donors (Lipinski definition) is 1. The Morgan fingerprint density at radius 1 is 1.10 bits per heavy atom. The Morgan fingerprint density at radius 3 is 2.67 bits per heavy atom. The van der Waals surface area contributed by atoms with Gasteiger partial charge in [0, 0.05) is 48.7 Å². The number of aromatic nitrogens is 3. The number of pyridine rings is 1. The van der Waals surface area contributed by atoms with Crippen LogP contribution in [0.5, 0.6) is 0 Å². The Labute approximate surface area is 238 Å². The fourth-order valence-electron chi connectivity index (χ4n) is 5.96. The molecule has 0 atom stereocenters. The Hall–Kier alpha value is -3.39. The van der Waals surface area contributed by atoms with Gasteiger partial charge in [-0.05, 0) is 79.0 Å². The van der Waals surface area contributed by atoms with Crippen LogP contribution < -0.4 is 10.2 Å². The highest BCUT2D eigenvalue weighted by Gasteiger charge is 2.47. The summed E-state index contributed by atoms with van der Waals surface area (Å²) in [6.45, 7) is 3.87. The first-order valence-corrected chi connectivity index (χ1v) is 13.9. The first kappa shape index (κ1) is 25.9. The number of carbonyl (C=O) groups excluding carboxylic acids is 1. The number of benzene rings is 2. The molecule has 39 heavy (non-hydrogen) atoms. The number of nitrogens with one attached hydrogen (secondary N) is 1. The number of hydrogen-bond acceptors (Lipinski definition) is 4. The molecule has 1 spiro atoms. The van der Waals surface area contributed by atoms with Gasteiger partial charge in [0.05, 0.1) is 17.4 Å². The molecule has 0 unspecified atom stereocenters. The summed E-state index contributed by atoms with van der Waals surface area (Å²) in [5, 5.41) is 9.94. The molecule has 1 fully saturated rings. The highest BCUT2D eigenvalue weighted by Crippen LogP contribution is 2.50. The molecule has 2 aliphatic rings. The third-order valence-corrected chi connectivity index (χ3v) is 8.49. The molecule has 9 heteroatoms. The fraction of sp³-hybridized carbons (Fsp3) is 0.300. The maximum atomic E-state index is 13.5. The molecule has 6 rings (SSSR count). The van der Waals surface area contributed by atoms with Crippen molar-refractivity contribution in [2.45, 2.75) is 24.8 Å². The van der Waals surface area contributed by atoms with Crippen molar-refractivity contribution in [1.29, 1.82) is 0 Å². The van der Waals surface area contributed by atoms with Crippen LogP contribution in [0.4, 0.5) is 10.5 Å². The van der Waals surface area contributed by atoms with Crippen LogP contribution >= 0.6 is 23.2 Å². The van der Waals surface area contributed by atoms with Crippen molar-refractivity contribution in [3.63, 3.8) is 0 Å². The average molecular weight is 562 g/mol. The normalized spacial score (nSPS) is 16.8. The monoisotopic (exact) mass is 560 g/mol. The largest absolute Gasteiger partial charge is 0.334 e. The second-order valence-electron chi connectivity index (χ2n) is 10.4. The van der Waals surface area contributed by atoms with Gasteiger partial charge in [0.1, 0.15) is 5.15 Å². The number of halogens is 2. The number of likely N-dealkylation sites (tertiary alicyclic amines) is 1. The lowest BCUT2D eigenvalue weighted by atomic mass is 9.73. The number of aryl methyl sites for hydroxylation is 1. The van der Waals surface area contributed by atoms with Gasteiger partial charge in [0.15, 0.2) is 0 Å². The Balaban J connectivity index is 1.20. The molecule has 2 aromatic heterocycles. The number of amides is 2. The molecule has 2 amide bonds. The van der Waals surface area contributed by atoms with E-state index in [0.717, 1.165) is 65.2 Å². The van der Waals surface area contributed by atoms with Gasteiger partial charge in [-0.1, -0.05) is 47.5 Å². The zero-order valence-electron chi connectivity index (χ0n) is 21.8. The van der Waals surface area contributed by atoms with Crippen molar-refractivity contribution in [3.8, 4) is 0 Å². The number of rotatable bonds is 5. The second-order valence-corrected chi connectivity index (χ2v) is 11.3. The number of fused-ring (bicyclic) bond motifs is 4. The van der Waals surface area contributed by atoms with Gasteiger partial charge in [-0.3, -0.25) is 14.5 Å². The Kier molecular flexibility index (Phi) is 7.06. The summed E-state index contributed by atoms with van der Waals surface area (Å²) < 4.78 is 1.91. The van der Waals surface area contributed by atoms with E-state index in [-0.39, 0.29) is 11.4 Å². The van der Waals surface area contributed by atoms with Gasteiger partial charge >= 0.3 is 6.03 Å². The highest BCUT2D eigenvalue weighted by atomic mass is 35.5. The Morgan fingerprint density at radius 2 is 1.90 bits per heavy atom. The predicted molar refractivity (Wildman–Crippen MR) is 157 cm³/mol. The van der Waals surface area contributed by atoms with E-state index in [4.69, 9.17) is 23.2 Å². The van der Waals surface area contributed by atoms with Gasteiger partial charge in [-0.25, -0.2) is 9.78 Å². The summed E-state index contributed by atoms with van der Waals surface area (Å²) in [5.41, 5.74) is 5.29. The van der Waals surface area contributed by atoms with Crippen LogP contribution in [0.25, 0.3) is 17.0 Å². The van der Waals surface area contributed by atoms with Crippen molar-refractivity contribution >= 4 is 51.9 Å². The maximum absolute atomic E-state index is 13.5. The molecule has 200 valence electrons. The molecule has 2 aliphatic heterocycles. The zero-order chi connectivity index (χ0) is 27.0. The lowest BCUT2D eigenvalue weighted by molar-refractivity contribution is 0.181. The minimum absolute atomic E-state index is 0.0994. The smallest absolute Gasteiger partial charge is 0.322 e. The summed E-state index contributed by atoms with van der Waals surface area (Å²) >= 11 is 12.0. The van der Waals surface area contributed by atoms with Crippen LogP contribution in [-0.4, -0.2) is 51.9 Å². The lowest BCUT2D eigenvalue weighted by Crippen LogP contribution is -2.47. The second kappa shape index (κ2) is 10.6. The van der Waals surface area contributed by atoms with Crippen LogP contribution in [0, 0.1) is 0 Å². The van der Waals surface area contributed by atoms with Crippen LogP contribution in [-0.2, 0) is 19.0 Å². The molecule has 0 radical (unpaired) electrons. The SMILES string of the molecule is Cn1ncc2c3c(ccc21)N(C(=O)NCc1ccnc(Cl)c1)CC31CCN(CC=Cc2ccc(Cl)cc2)CC1. The summed E-state index contributed by atoms with van der Waals surface area (Å²) in [7, 11) is 1.97. The molecule has 2 aromatic carbocycles. The fourth-order valence-corrected chi connectivity index (χ4v) is 6.28. The van der Waals surface area contributed by atoms with E-state index in [1.54, 1.807) is 12.3 Å². The van der Waals surface area contributed by atoms with Crippen LogP contribution in [0.1, 0.15) is 29.5 Å². The minimum atomic E-state index is -0.106. The van der Waals surface area contributed by atoms with Crippen LogP contribution in [0.3, 0.4) is 0 Å². The van der Waals surface area contributed by atoms with E-state index in [2.05, 4.69) is 44.6 Å². The topological polar surface area (TPSA) is 66.3 Å². The van der Waals surface area contributed by atoms with E-state index in [1.165, 1.54) is 5.56 Å². The highest BCUT2D eigenvalue weighted by molar-refractivity contribution is 6.30. The van der Waals surface area contributed by atoms with Crippen molar-refractivity contribution in [3.05, 3.63) is 93.9 Å². The molecule has 4 heterocycles. The van der Waals surface area contributed by atoms with Crippen molar-refractivity contribution in [2.75, 3.05) is 31.1 Å². The van der Waals surface area contributed by atoms with E-state index in [9.17, 15) is 4.79 Å². The molecule has 0 saturated carbocycles. The van der Waals surface area contributed by atoms with Gasteiger partial charge in [-0.2, -0.15) is 5.10 Å². The number of carbonyl (C=O) groups is 1. The summed E-state index contributed by atoms with van der Waals surface area (Å²) in [5.74, 6) is 0. The molecule has 0 bridgehead atoms. The van der Waals surface area contributed by atoms with E-state index in [1.807, 2.05) is 53.2 Å². The van der Waals surface area contributed by atoms with Crippen molar-refractivity contribution < 1.29 is 4.79 Å². The third kappa shape index (κ3) is 5.14. The first-order chi connectivity index (χ1) is 18.9. The maximum Gasteiger partial charge on any atom is 0.322 e. The molecule has 1 saturated heterocycles. The zero-order valence-corrected chi connectivity index (χ0v) is 23.3. The molecule has 7 nitrogen and oxygen atoms in total. The molecule has 0 aliphatic carbocycles. The lowest BCUT2D eigenvalue weighted by Gasteiger charge is -2.39. The molecule has 4 aromatic rings. The third-order valence-electron chi connectivity index (χ3n) is 8.03. The standard InChI is InChI=1S/C30H30Cl2N6O/c1-36-25-8-9-26-28(24(25)19-35-36)30(20-38(26)29(39)34-18-22-10-13-33-27(32)17-22)11-15-37(16-12-30)14-2-3-21-4-6-23(31)7-5-21/h2-10,13,17,19H,11-12,14-16,18,20H2,1H3,(H,34,39). The Bertz CT molecular complexity index is 1540. The number of anilines is 1. The molecular formula is C30H30Cl2N6O. The summed E-state index contributed by atoms with van der Waals surface area (Å²) in [4.78, 5) is 21.9. The summed E-state index contributed by atoms with van der Waals surface area (Å²) in [6.07, 6.45) is 9.93. The molecule has 1 N–H and O–H groups in total. The average Bonchev–Trinajstić information content (AvgIpc) is 3.47. The molecular weight excluding hydrogens is 531 g/mol. The first-order valence-electron chi connectivity index (χ1n) is 13.2. The van der Waals surface area contributed by atoms with Gasteiger partial charge in [0.25, 0.3) is 0 Å². The van der Waals surface area contributed by atoms with Gasteiger partial charge in [-0.15, -0.1) is 0 Å². The summed E-state index contributed by atoms with van der Waals surface area (Å²) in [6, 6.07) is 15.6.